The average molecular weight is 316 g/mol. The number of hydrogen-bond acceptors (Lipinski definition) is 3. The van der Waals surface area contributed by atoms with Crippen LogP contribution in [-0.2, 0) is 9.36 Å². The van der Waals surface area contributed by atoms with E-state index < -0.39 is 7.14 Å². The van der Waals surface area contributed by atoms with Gasteiger partial charge in [-0.3, -0.25) is 4.79 Å². The van der Waals surface area contributed by atoms with Crippen LogP contribution >= 0.6 is 7.14 Å². The van der Waals surface area contributed by atoms with Gasteiger partial charge in [0.15, 0.2) is 7.14 Å². The van der Waals surface area contributed by atoms with E-state index >= 15 is 0 Å². The Morgan fingerprint density at radius 3 is 1.91 bits per heavy atom. The molecule has 0 saturated carbocycles. The summed E-state index contributed by atoms with van der Waals surface area (Å²) in [6.45, 7) is 1.04. The second-order valence-corrected chi connectivity index (χ2v) is 7.89. The van der Waals surface area contributed by atoms with Crippen molar-refractivity contribution < 1.29 is 9.36 Å². The molecule has 0 spiro atoms. The zero-order valence-corrected chi connectivity index (χ0v) is 13.3. The van der Waals surface area contributed by atoms with Gasteiger partial charge in [0.2, 0.25) is 5.91 Å². The molecule has 0 atom stereocenters. The maximum atomic E-state index is 13.6. The molecule has 116 valence electrons. The lowest BCUT2D eigenvalue weighted by atomic mass is 10.4. The van der Waals surface area contributed by atoms with Crippen LogP contribution in [0.3, 0.4) is 0 Å². The molecule has 0 aromatic heterocycles. The summed E-state index contributed by atoms with van der Waals surface area (Å²) in [5.41, 5.74) is 5.42. The van der Waals surface area contributed by atoms with Gasteiger partial charge in [0.25, 0.3) is 0 Å². The normalized spacial score (nSPS) is 11.1. The van der Waals surface area contributed by atoms with Crippen LogP contribution in [0.1, 0.15) is 6.42 Å². The zero-order chi connectivity index (χ0) is 15.8. The van der Waals surface area contributed by atoms with E-state index in [1.807, 2.05) is 60.7 Å². The van der Waals surface area contributed by atoms with Gasteiger partial charge in [-0.2, -0.15) is 0 Å². The third-order valence-electron chi connectivity index (χ3n) is 3.42. The van der Waals surface area contributed by atoms with E-state index in [0.717, 1.165) is 0 Å². The molecule has 22 heavy (non-hydrogen) atoms. The fourth-order valence-corrected chi connectivity index (χ4v) is 4.74. The van der Waals surface area contributed by atoms with Gasteiger partial charge in [0.05, 0.1) is 6.16 Å². The molecule has 5 heteroatoms. The van der Waals surface area contributed by atoms with Crippen molar-refractivity contribution in [3.05, 3.63) is 60.7 Å². The van der Waals surface area contributed by atoms with Crippen LogP contribution in [0, 0.1) is 0 Å². The topological polar surface area (TPSA) is 72.2 Å². The summed E-state index contributed by atoms with van der Waals surface area (Å²) in [5, 5.41) is 4.20. The van der Waals surface area contributed by atoms with Gasteiger partial charge < -0.3 is 15.6 Å². The Hall–Kier alpha value is -1.90. The minimum atomic E-state index is -2.97. The molecule has 0 heterocycles. The van der Waals surface area contributed by atoms with Crippen LogP contribution in [0.4, 0.5) is 0 Å². The lowest BCUT2D eigenvalue weighted by molar-refractivity contribution is -0.118. The van der Waals surface area contributed by atoms with Crippen molar-refractivity contribution in [1.82, 2.24) is 5.32 Å². The van der Waals surface area contributed by atoms with Crippen molar-refractivity contribution in [1.29, 1.82) is 0 Å². The Balaban J connectivity index is 2.27. The van der Waals surface area contributed by atoms with Gasteiger partial charge in [0.1, 0.15) is 0 Å². The standard InChI is InChI=1S/C17H21N2O2P/c18-12-7-13-19-17(20)14-22(21,15-8-3-1-4-9-15)16-10-5-2-6-11-16/h1-6,8-11H,7,12-14,18H2,(H,19,20). The molecule has 1 amide bonds. The highest BCUT2D eigenvalue weighted by Gasteiger charge is 2.29. The highest BCUT2D eigenvalue weighted by atomic mass is 31.2. The monoisotopic (exact) mass is 316 g/mol. The lowest BCUT2D eigenvalue weighted by Gasteiger charge is -2.19. The van der Waals surface area contributed by atoms with Gasteiger partial charge in [-0.15, -0.1) is 0 Å². The molecule has 0 unspecified atom stereocenters. The number of amides is 1. The second kappa shape index (κ2) is 7.92. The summed E-state index contributed by atoms with van der Waals surface area (Å²) >= 11 is 0. The third kappa shape index (κ3) is 4.06. The minimum Gasteiger partial charge on any atom is -0.356 e. The first-order chi connectivity index (χ1) is 10.7. The minimum absolute atomic E-state index is 0.0222. The van der Waals surface area contributed by atoms with Crippen molar-refractivity contribution >= 4 is 23.7 Å². The maximum absolute atomic E-state index is 13.6. The van der Waals surface area contributed by atoms with E-state index in [1.165, 1.54) is 0 Å². The number of benzene rings is 2. The molecular weight excluding hydrogens is 295 g/mol. The molecule has 0 aliphatic carbocycles. The number of hydrogen-bond donors (Lipinski definition) is 2. The van der Waals surface area contributed by atoms with E-state index in [2.05, 4.69) is 5.32 Å². The average Bonchev–Trinajstić information content (AvgIpc) is 2.56. The predicted octanol–water partition coefficient (Wildman–Crippen LogP) is 1.47. The van der Waals surface area contributed by atoms with Gasteiger partial charge in [-0.05, 0) is 13.0 Å². The first-order valence-corrected chi connectivity index (χ1v) is 9.23. The van der Waals surface area contributed by atoms with Crippen molar-refractivity contribution in [2.75, 3.05) is 19.3 Å². The second-order valence-electron chi connectivity index (χ2n) is 5.06. The Morgan fingerprint density at radius 1 is 0.955 bits per heavy atom. The molecule has 3 N–H and O–H groups in total. The van der Waals surface area contributed by atoms with Crippen LogP contribution in [0.2, 0.25) is 0 Å². The third-order valence-corrected chi connectivity index (χ3v) is 6.41. The molecule has 2 aromatic carbocycles. The summed E-state index contributed by atoms with van der Waals surface area (Å²) in [4.78, 5) is 12.2. The number of carbonyl (C=O) groups excluding carboxylic acids is 1. The fourth-order valence-electron chi connectivity index (χ4n) is 2.26. The smallest absolute Gasteiger partial charge is 0.228 e. The van der Waals surface area contributed by atoms with E-state index in [4.69, 9.17) is 5.73 Å². The molecule has 0 fully saturated rings. The maximum Gasteiger partial charge on any atom is 0.228 e. The van der Waals surface area contributed by atoms with Crippen LogP contribution in [-0.4, -0.2) is 25.2 Å². The van der Waals surface area contributed by atoms with Gasteiger partial charge in [0, 0.05) is 17.2 Å². The van der Waals surface area contributed by atoms with Crippen LogP contribution in [0.5, 0.6) is 0 Å². The van der Waals surface area contributed by atoms with Crippen LogP contribution in [0.15, 0.2) is 60.7 Å². The number of carbonyl (C=O) groups is 1. The summed E-state index contributed by atoms with van der Waals surface area (Å²) < 4.78 is 13.6. The van der Waals surface area contributed by atoms with E-state index in [9.17, 15) is 9.36 Å². The van der Waals surface area contributed by atoms with Gasteiger partial charge in [-0.1, -0.05) is 60.7 Å². The molecule has 0 aliphatic rings. The first kappa shape index (κ1) is 16.5. The molecular formula is C17H21N2O2P. The molecule has 0 aliphatic heterocycles. The number of nitrogens with two attached hydrogens (primary N) is 1. The summed E-state index contributed by atoms with van der Waals surface area (Å²) in [6, 6.07) is 18.4. The van der Waals surface area contributed by atoms with Crippen molar-refractivity contribution in [2.45, 2.75) is 6.42 Å². The Labute approximate surface area is 131 Å². The van der Waals surface area contributed by atoms with E-state index in [-0.39, 0.29) is 12.1 Å². The van der Waals surface area contributed by atoms with Gasteiger partial charge >= 0.3 is 0 Å². The lowest BCUT2D eigenvalue weighted by Crippen LogP contribution is -2.32. The number of rotatable bonds is 7. The largest absolute Gasteiger partial charge is 0.356 e. The van der Waals surface area contributed by atoms with Gasteiger partial charge in [-0.25, -0.2) is 0 Å². The van der Waals surface area contributed by atoms with Crippen molar-refractivity contribution in [3.8, 4) is 0 Å². The predicted molar refractivity (Wildman–Crippen MR) is 91.3 cm³/mol. The quantitative estimate of drug-likeness (QED) is 0.600. The molecule has 0 bridgehead atoms. The van der Waals surface area contributed by atoms with Crippen molar-refractivity contribution in [3.63, 3.8) is 0 Å². The summed E-state index contributed by atoms with van der Waals surface area (Å²) in [5.74, 6) is -0.204. The van der Waals surface area contributed by atoms with Crippen LogP contribution < -0.4 is 21.7 Å². The number of nitrogens with one attached hydrogen (secondary N) is 1. The summed E-state index contributed by atoms with van der Waals surface area (Å²) in [7, 11) is -2.97. The molecule has 0 saturated heterocycles. The Kier molecular flexibility index (Phi) is 5.93. The van der Waals surface area contributed by atoms with Crippen molar-refractivity contribution in [2.24, 2.45) is 5.73 Å². The van der Waals surface area contributed by atoms with Crippen LogP contribution in [0.25, 0.3) is 0 Å². The highest BCUT2D eigenvalue weighted by molar-refractivity contribution is 7.79. The Bertz CT molecular complexity index is 601. The summed E-state index contributed by atoms with van der Waals surface area (Å²) in [6.07, 6.45) is 0.693. The highest BCUT2D eigenvalue weighted by Crippen LogP contribution is 2.42. The van der Waals surface area contributed by atoms with E-state index in [0.29, 0.717) is 30.1 Å². The molecule has 4 nitrogen and oxygen atoms in total. The van der Waals surface area contributed by atoms with E-state index in [1.54, 1.807) is 0 Å². The Morgan fingerprint density at radius 2 is 1.45 bits per heavy atom. The zero-order valence-electron chi connectivity index (χ0n) is 12.4. The fraction of sp³-hybridized carbons (Fsp3) is 0.235. The first-order valence-electron chi connectivity index (χ1n) is 7.34. The molecule has 2 aromatic rings. The SMILES string of the molecule is NCCCNC(=O)CP(=O)(c1ccccc1)c1ccccc1. The molecule has 2 rings (SSSR count). The molecule has 0 radical (unpaired) electrons.